The summed E-state index contributed by atoms with van der Waals surface area (Å²) in [5.41, 5.74) is 0. The van der Waals surface area contributed by atoms with Gasteiger partial charge in [-0.05, 0) is 40.5 Å². The molecule has 98 valence electrons. The summed E-state index contributed by atoms with van der Waals surface area (Å²) >= 11 is 3.16. The highest BCUT2D eigenvalue weighted by molar-refractivity contribution is 9.10. The number of aliphatic hydroxyl groups excluding tert-OH is 1. The number of amides is 1. The Hall–Kier alpha value is -1.14. The minimum Gasteiger partial charge on any atom is -0.483 e. The fraction of sp³-hybridized carbons (Fsp3) is 0.417. The Morgan fingerprint density at radius 2 is 2.39 bits per heavy atom. The van der Waals surface area contributed by atoms with E-state index in [0.29, 0.717) is 29.7 Å². The topological polar surface area (TPSA) is 49.8 Å². The highest BCUT2D eigenvalue weighted by Gasteiger charge is 2.24. The number of likely N-dealkylation sites (tertiary alicyclic amines) is 1. The smallest absolute Gasteiger partial charge is 0.260 e. The van der Waals surface area contributed by atoms with Crippen LogP contribution in [0.2, 0.25) is 0 Å². The number of halogens is 2. The maximum absolute atomic E-state index is 12.8. The molecule has 1 aliphatic heterocycles. The average Bonchev–Trinajstić information content (AvgIpc) is 2.74. The minimum absolute atomic E-state index is 0.114. The van der Waals surface area contributed by atoms with E-state index < -0.39 is 6.10 Å². The first-order chi connectivity index (χ1) is 8.56. The third-order valence-corrected chi connectivity index (χ3v) is 3.38. The molecule has 1 atom stereocenters. The first kappa shape index (κ1) is 13.3. The monoisotopic (exact) mass is 317 g/mol. The van der Waals surface area contributed by atoms with Gasteiger partial charge in [-0.15, -0.1) is 0 Å². The molecule has 0 aliphatic carbocycles. The largest absolute Gasteiger partial charge is 0.483 e. The van der Waals surface area contributed by atoms with E-state index in [-0.39, 0.29) is 18.3 Å². The molecule has 18 heavy (non-hydrogen) atoms. The highest BCUT2D eigenvalue weighted by Crippen LogP contribution is 2.25. The van der Waals surface area contributed by atoms with E-state index in [0.717, 1.165) is 0 Å². The van der Waals surface area contributed by atoms with Gasteiger partial charge in [0.25, 0.3) is 5.91 Å². The fourth-order valence-corrected chi connectivity index (χ4v) is 2.26. The fourth-order valence-electron chi connectivity index (χ4n) is 1.79. The number of rotatable bonds is 3. The van der Waals surface area contributed by atoms with Gasteiger partial charge >= 0.3 is 0 Å². The normalized spacial score (nSPS) is 19.1. The van der Waals surface area contributed by atoms with Crippen molar-refractivity contribution in [1.82, 2.24) is 4.90 Å². The van der Waals surface area contributed by atoms with Gasteiger partial charge in [-0.25, -0.2) is 4.39 Å². The second-order valence-electron chi connectivity index (χ2n) is 4.15. The summed E-state index contributed by atoms with van der Waals surface area (Å²) in [6, 6.07) is 4.01. The van der Waals surface area contributed by atoms with E-state index in [4.69, 9.17) is 4.74 Å². The van der Waals surface area contributed by atoms with Crippen LogP contribution in [0.15, 0.2) is 22.7 Å². The molecule has 1 aliphatic rings. The zero-order chi connectivity index (χ0) is 13.1. The van der Waals surface area contributed by atoms with Gasteiger partial charge in [0.2, 0.25) is 0 Å². The Labute approximate surface area is 112 Å². The molecule has 0 aromatic heterocycles. The van der Waals surface area contributed by atoms with Crippen molar-refractivity contribution in [3.63, 3.8) is 0 Å². The van der Waals surface area contributed by atoms with E-state index in [1.807, 2.05) is 0 Å². The molecule has 1 aromatic carbocycles. The summed E-state index contributed by atoms with van der Waals surface area (Å²) in [5.74, 6) is -0.129. The second-order valence-corrected chi connectivity index (χ2v) is 5.00. The molecule has 0 spiro atoms. The lowest BCUT2D eigenvalue weighted by molar-refractivity contribution is -0.132. The lowest BCUT2D eigenvalue weighted by Gasteiger charge is -2.16. The molecule has 4 nitrogen and oxygen atoms in total. The molecular weight excluding hydrogens is 305 g/mol. The summed E-state index contributed by atoms with van der Waals surface area (Å²) in [5, 5.41) is 9.32. The van der Waals surface area contributed by atoms with Crippen LogP contribution in [0.4, 0.5) is 4.39 Å². The first-order valence-electron chi connectivity index (χ1n) is 5.60. The molecule has 2 rings (SSSR count). The van der Waals surface area contributed by atoms with Gasteiger partial charge in [-0.2, -0.15) is 0 Å². The summed E-state index contributed by atoms with van der Waals surface area (Å²) < 4.78 is 18.6. The van der Waals surface area contributed by atoms with Gasteiger partial charge < -0.3 is 14.7 Å². The molecule has 0 saturated carbocycles. The Morgan fingerprint density at radius 3 is 3.00 bits per heavy atom. The summed E-state index contributed by atoms with van der Waals surface area (Å²) in [4.78, 5) is 13.3. The van der Waals surface area contributed by atoms with E-state index in [9.17, 15) is 14.3 Å². The maximum atomic E-state index is 12.8. The van der Waals surface area contributed by atoms with Crippen LogP contribution in [0, 0.1) is 5.82 Å². The van der Waals surface area contributed by atoms with Crippen LogP contribution in [0.25, 0.3) is 0 Å². The maximum Gasteiger partial charge on any atom is 0.260 e. The van der Waals surface area contributed by atoms with Crippen molar-refractivity contribution in [3.8, 4) is 5.75 Å². The molecule has 1 saturated heterocycles. The Bertz CT molecular complexity index is 455. The van der Waals surface area contributed by atoms with E-state index in [2.05, 4.69) is 15.9 Å². The molecule has 0 bridgehead atoms. The Kier molecular flexibility index (Phi) is 4.19. The molecule has 1 fully saturated rings. The van der Waals surface area contributed by atoms with Crippen LogP contribution < -0.4 is 4.74 Å². The third kappa shape index (κ3) is 3.20. The van der Waals surface area contributed by atoms with E-state index in [1.165, 1.54) is 18.2 Å². The van der Waals surface area contributed by atoms with Crippen LogP contribution in [-0.4, -0.2) is 41.7 Å². The molecule has 0 unspecified atom stereocenters. The van der Waals surface area contributed by atoms with Gasteiger partial charge in [0, 0.05) is 13.1 Å². The molecule has 6 heteroatoms. The van der Waals surface area contributed by atoms with Gasteiger partial charge in [0.1, 0.15) is 11.6 Å². The number of carbonyl (C=O) groups is 1. The van der Waals surface area contributed by atoms with Crippen LogP contribution >= 0.6 is 15.9 Å². The SMILES string of the molecule is O=C(COc1ccc(F)cc1Br)N1CC[C@H](O)C1. The number of benzene rings is 1. The zero-order valence-electron chi connectivity index (χ0n) is 9.60. The minimum atomic E-state index is -0.438. The van der Waals surface area contributed by atoms with Crippen molar-refractivity contribution < 1.29 is 19.0 Å². The van der Waals surface area contributed by atoms with Crippen molar-refractivity contribution in [2.45, 2.75) is 12.5 Å². The quantitative estimate of drug-likeness (QED) is 0.920. The number of ether oxygens (including phenoxy) is 1. The molecule has 1 amide bonds. The van der Waals surface area contributed by atoms with Crippen LogP contribution in [0.1, 0.15) is 6.42 Å². The Morgan fingerprint density at radius 1 is 1.61 bits per heavy atom. The molecule has 0 radical (unpaired) electrons. The van der Waals surface area contributed by atoms with Gasteiger partial charge in [-0.3, -0.25) is 4.79 Å². The summed E-state index contributed by atoms with van der Waals surface area (Å²) in [6.45, 7) is 0.789. The van der Waals surface area contributed by atoms with Gasteiger partial charge in [0.15, 0.2) is 6.61 Å². The van der Waals surface area contributed by atoms with E-state index in [1.54, 1.807) is 4.90 Å². The lowest BCUT2D eigenvalue weighted by Crippen LogP contribution is -2.33. The highest BCUT2D eigenvalue weighted by atomic mass is 79.9. The number of nitrogens with zero attached hydrogens (tertiary/aromatic N) is 1. The van der Waals surface area contributed by atoms with Crippen molar-refractivity contribution in [2.24, 2.45) is 0 Å². The summed E-state index contributed by atoms with van der Waals surface area (Å²) in [6.07, 6.45) is 0.165. The van der Waals surface area contributed by atoms with E-state index >= 15 is 0 Å². The standard InChI is InChI=1S/C12H13BrFNO3/c13-10-5-8(14)1-2-11(10)18-7-12(17)15-4-3-9(16)6-15/h1-2,5,9,16H,3-4,6-7H2/t9-/m0/s1. The Balaban J connectivity index is 1.89. The zero-order valence-corrected chi connectivity index (χ0v) is 11.2. The van der Waals surface area contributed by atoms with Crippen molar-refractivity contribution >= 4 is 21.8 Å². The molecule has 1 aromatic rings. The number of aliphatic hydroxyl groups is 1. The molecular formula is C12H13BrFNO3. The molecule has 1 N–H and O–H groups in total. The van der Waals surface area contributed by atoms with Crippen LogP contribution in [0.5, 0.6) is 5.75 Å². The molecule has 1 heterocycles. The van der Waals surface area contributed by atoms with Crippen molar-refractivity contribution in [2.75, 3.05) is 19.7 Å². The van der Waals surface area contributed by atoms with Crippen LogP contribution in [-0.2, 0) is 4.79 Å². The summed E-state index contributed by atoms with van der Waals surface area (Å²) in [7, 11) is 0. The van der Waals surface area contributed by atoms with Crippen molar-refractivity contribution in [1.29, 1.82) is 0 Å². The predicted molar refractivity (Wildman–Crippen MR) is 66.8 cm³/mol. The lowest BCUT2D eigenvalue weighted by atomic mass is 10.3. The third-order valence-electron chi connectivity index (χ3n) is 2.76. The number of hydrogen-bond donors (Lipinski definition) is 1. The van der Waals surface area contributed by atoms with Gasteiger partial charge in [-0.1, -0.05) is 0 Å². The number of hydrogen-bond acceptors (Lipinski definition) is 3. The second kappa shape index (κ2) is 5.67. The van der Waals surface area contributed by atoms with Gasteiger partial charge in [0.05, 0.1) is 10.6 Å². The average molecular weight is 318 g/mol. The van der Waals surface area contributed by atoms with Crippen molar-refractivity contribution in [3.05, 3.63) is 28.5 Å². The predicted octanol–water partition coefficient (Wildman–Crippen LogP) is 1.56. The number of β-amino-alcohol motifs (C(OH)–C–C–N with tert-alkyl or cyclic N) is 1. The first-order valence-corrected chi connectivity index (χ1v) is 6.39. The van der Waals surface area contributed by atoms with Crippen LogP contribution in [0.3, 0.4) is 0 Å². The number of carbonyl (C=O) groups excluding carboxylic acids is 1.